The minimum Gasteiger partial charge on any atom is -0.427 e. The minimum atomic E-state index is -2.89. The smallest absolute Gasteiger partial charge is 0.308 e. The zero-order chi connectivity index (χ0) is 18.4. The molecular formula is C22H19O3P. The molecule has 0 unspecified atom stereocenters. The molecule has 0 atom stereocenters. The van der Waals surface area contributed by atoms with E-state index in [0.717, 1.165) is 16.2 Å². The first kappa shape index (κ1) is 17.9. The third-order valence-corrected chi connectivity index (χ3v) is 6.60. The average Bonchev–Trinajstić information content (AvgIpc) is 2.68. The van der Waals surface area contributed by atoms with Crippen LogP contribution in [-0.4, -0.2) is 5.97 Å². The van der Waals surface area contributed by atoms with E-state index in [2.05, 4.69) is 0 Å². The molecule has 0 bridgehead atoms. The first-order chi connectivity index (χ1) is 12.6. The molecule has 0 aliphatic rings. The Kier molecular flexibility index (Phi) is 5.50. The molecule has 0 aromatic heterocycles. The van der Waals surface area contributed by atoms with Crippen molar-refractivity contribution in [2.75, 3.05) is 0 Å². The Morgan fingerprint density at radius 2 is 1.31 bits per heavy atom. The summed E-state index contributed by atoms with van der Waals surface area (Å²) in [5, 5.41) is 1.58. The molecular weight excluding hydrogens is 343 g/mol. The largest absolute Gasteiger partial charge is 0.427 e. The van der Waals surface area contributed by atoms with Crippen LogP contribution in [0.15, 0.2) is 90.7 Å². The Bertz CT molecular complexity index is 902. The predicted octanol–water partition coefficient (Wildman–Crippen LogP) is 4.60. The van der Waals surface area contributed by atoms with Crippen molar-refractivity contribution in [3.8, 4) is 5.75 Å². The molecule has 3 nitrogen and oxygen atoms in total. The lowest BCUT2D eigenvalue weighted by Gasteiger charge is -2.15. The number of hydrogen-bond donors (Lipinski definition) is 0. The van der Waals surface area contributed by atoms with Crippen molar-refractivity contribution < 1.29 is 14.1 Å². The molecule has 4 heteroatoms. The van der Waals surface area contributed by atoms with Gasteiger partial charge in [0.2, 0.25) is 0 Å². The van der Waals surface area contributed by atoms with Gasteiger partial charge in [0.15, 0.2) is 7.14 Å². The van der Waals surface area contributed by atoms with Crippen molar-refractivity contribution in [1.29, 1.82) is 0 Å². The highest BCUT2D eigenvalue weighted by Crippen LogP contribution is 2.45. The maximum absolute atomic E-state index is 13.8. The van der Waals surface area contributed by atoms with Gasteiger partial charge in [0.1, 0.15) is 5.75 Å². The van der Waals surface area contributed by atoms with Crippen LogP contribution >= 0.6 is 7.14 Å². The van der Waals surface area contributed by atoms with Crippen LogP contribution in [0.1, 0.15) is 12.5 Å². The fraction of sp³-hybridized carbons (Fsp3) is 0.0455. The first-order valence-corrected chi connectivity index (χ1v) is 10.0. The fourth-order valence-electron chi connectivity index (χ4n) is 2.62. The van der Waals surface area contributed by atoms with Crippen LogP contribution in [0.3, 0.4) is 0 Å². The molecule has 3 rings (SSSR count). The fourth-order valence-corrected chi connectivity index (χ4v) is 4.88. The highest BCUT2D eigenvalue weighted by molar-refractivity contribution is 7.81. The molecule has 3 aromatic carbocycles. The standard InChI is InChI=1S/C22H19O3P/c1-18(23)25-20-14-12-19(13-15-20)16-17-26(24,21-8-4-2-5-9-21)22-10-6-3-7-11-22/h2-17H,1H3/b17-16+. The van der Waals surface area contributed by atoms with E-state index in [9.17, 15) is 9.36 Å². The van der Waals surface area contributed by atoms with E-state index in [0.29, 0.717) is 5.75 Å². The Hall–Kier alpha value is -2.90. The van der Waals surface area contributed by atoms with Gasteiger partial charge in [0, 0.05) is 17.5 Å². The molecule has 0 aliphatic carbocycles. The summed E-state index contributed by atoms with van der Waals surface area (Å²) < 4.78 is 18.9. The lowest BCUT2D eigenvalue weighted by Crippen LogP contribution is -2.13. The molecule has 0 fully saturated rings. The number of carbonyl (C=O) groups is 1. The molecule has 0 aliphatic heterocycles. The summed E-state index contributed by atoms with van der Waals surface area (Å²) in [4.78, 5) is 11.0. The minimum absolute atomic E-state index is 0.356. The number of esters is 1. The van der Waals surface area contributed by atoms with E-state index in [4.69, 9.17) is 4.74 Å². The molecule has 130 valence electrons. The van der Waals surface area contributed by atoms with Gasteiger partial charge >= 0.3 is 5.97 Å². The molecule has 0 amide bonds. The van der Waals surface area contributed by atoms with Crippen molar-refractivity contribution in [1.82, 2.24) is 0 Å². The zero-order valence-electron chi connectivity index (χ0n) is 14.4. The van der Waals surface area contributed by atoms with Gasteiger partial charge in [-0.2, -0.15) is 0 Å². The van der Waals surface area contributed by atoms with E-state index in [1.807, 2.05) is 78.9 Å². The van der Waals surface area contributed by atoms with Crippen LogP contribution in [0.4, 0.5) is 0 Å². The molecule has 0 N–H and O–H groups in total. The maximum atomic E-state index is 13.8. The maximum Gasteiger partial charge on any atom is 0.308 e. The third kappa shape index (κ3) is 4.19. The summed E-state index contributed by atoms with van der Waals surface area (Å²) in [5.74, 6) is 1.91. The second kappa shape index (κ2) is 7.99. The normalized spacial score (nSPS) is 11.4. The topological polar surface area (TPSA) is 43.4 Å². The van der Waals surface area contributed by atoms with E-state index < -0.39 is 7.14 Å². The summed E-state index contributed by atoms with van der Waals surface area (Å²) in [7, 11) is -2.89. The average molecular weight is 362 g/mol. The number of ether oxygens (including phenoxy) is 1. The highest BCUT2D eigenvalue weighted by Gasteiger charge is 2.23. The van der Waals surface area contributed by atoms with Gasteiger partial charge in [-0.25, -0.2) is 0 Å². The number of carbonyl (C=O) groups excluding carboxylic acids is 1. The summed E-state index contributed by atoms with van der Waals surface area (Å²) in [6.45, 7) is 1.36. The monoisotopic (exact) mass is 362 g/mol. The van der Waals surface area contributed by atoms with E-state index >= 15 is 0 Å². The summed E-state index contributed by atoms with van der Waals surface area (Å²) >= 11 is 0. The van der Waals surface area contributed by atoms with Crippen molar-refractivity contribution in [3.63, 3.8) is 0 Å². The predicted molar refractivity (Wildman–Crippen MR) is 107 cm³/mol. The van der Waals surface area contributed by atoms with E-state index in [-0.39, 0.29) is 5.97 Å². The molecule has 0 saturated carbocycles. The summed E-state index contributed by atoms with van der Waals surface area (Å²) in [6.07, 6.45) is 1.85. The lowest BCUT2D eigenvalue weighted by atomic mass is 10.2. The zero-order valence-corrected chi connectivity index (χ0v) is 15.3. The van der Waals surface area contributed by atoms with Gasteiger partial charge in [0.25, 0.3) is 0 Å². The van der Waals surface area contributed by atoms with Crippen LogP contribution < -0.4 is 15.3 Å². The van der Waals surface area contributed by atoms with Crippen LogP contribution in [-0.2, 0) is 9.36 Å². The van der Waals surface area contributed by atoms with Gasteiger partial charge in [-0.05, 0) is 23.5 Å². The van der Waals surface area contributed by atoms with Crippen LogP contribution in [0, 0.1) is 0 Å². The SMILES string of the molecule is CC(=O)Oc1ccc(/C=C/P(=O)(c2ccccc2)c2ccccc2)cc1. The van der Waals surface area contributed by atoms with Crippen molar-refractivity contribution in [3.05, 3.63) is 96.3 Å². The molecule has 0 spiro atoms. The van der Waals surface area contributed by atoms with Gasteiger partial charge in [0.05, 0.1) is 0 Å². The lowest BCUT2D eigenvalue weighted by molar-refractivity contribution is -0.131. The van der Waals surface area contributed by atoms with E-state index in [1.165, 1.54) is 6.92 Å². The van der Waals surface area contributed by atoms with Gasteiger partial charge < -0.3 is 9.30 Å². The Morgan fingerprint density at radius 1 is 0.808 bits per heavy atom. The van der Waals surface area contributed by atoms with Crippen LogP contribution in [0.5, 0.6) is 5.75 Å². The molecule has 0 saturated heterocycles. The number of rotatable bonds is 5. The Balaban J connectivity index is 1.95. The number of benzene rings is 3. The quantitative estimate of drug-likeness (QED) is 0.379. The van der Waals surface area contributed by atoms with Crippen molar-refractivity contribution >= 4 is 29.8 Å². The summed E-state index contributed by atoms with van der Waals surface area (Å²) in [5.41, 5.74) is 0.882. The van der Waals surface area contributed by atoms with E-state index in [1.54, 1.807) is 17.9 Å². The van der Waals surface area contributed by atoms with Gasteiger partial charge in [-0.3, -0.25) is 4.79 Å². The second-order valence-corrected chi connectivity index (χ2v) is 8.45. The van der Waals surface area contributed by atoms with Gasteiger partial charge in [-0.15, -0.1) is 0 Å². The molecule has 0 heterocycles. The number of hydrogen-bond acceptors (Lipinski definition) is 3. The second-order valence-electron chi connectivity index (χ2n) is 5.81. The van der Waals surface area contributed by atoms with Crippen LogP contribution in [0.25, 0.3) is 6.08 Å². The highest BCUT2D eigenvalue weighted by atomic mass is 31.2. The summed E-state index contributed by atoms with van der Waals surface area (Å²) in [6, 6.07) is 26.1. The third-order valence-electron chi connectivity index (χ3n) is 3.90. The molecule has 26 heavy (non-hydrogen) atoms. The Morgan fingerprint density at radius 3 is 1.77 bits per heavy atom. The van der Waals surface area contributed by atoms with Crippen molar-refractivity contribution in [2.24, 2.45) is 0 Å². The molecule has 0 radical (unpaired) electrons. The first-order valence-electron chi connectivity index (χ1n) is 8.27. The molecule has 3 aromatic rings. The van der Waals surface area contributed by atoms with Crippen molar-refractivity contribution in [2.45, 2.75) is 6.92 Å². The van der Waals surface area contributed by atoms with Gasteiger partial charge in [-0.1, -0.05) is 78.9 Å². The Labute approximate surface area is 153 Å². The van der Waals surface area contributed by atoms with Crippen LogP contribution in [0.2, 0.25) is 0 Å².